The number of hydrogen-bond donors (Lipinski definition) is 1. The average Bonchev–Trinajstić information content (AvgIpc) is 3.03. The lowest BCUT2D eigenvalue weighted by molar-refractivity contribution is -0.137. The van der Waals surface area contributed by atoms with E-state index in [0.29, 0.717) is 18.7 Å². The van der Waals surface area contributed by atoms with Crippen molar-refractivity contribution in [2.24, 2.45) is 5.92 Å². The van der Waals surface area contributed by atoms with Crippen LogP contribution in [0.3, 0.4) is 0 Å². The van der Waals surface area contributed by atoms with Crippen molar-refractivity contribution in [1.82, 2.24) is 5.32 Å². The molecule has 5 aromatic rings. The number of piperidine rings is 1. The molecule has 1 N–H and O–H groups in total. The van der Waals surface area contributed by atoms with E-state index in [2.05, 4.69) is 66.0 Å². The van der Waals surface area contributed by atoms with Gasteiger partial charge in [0.25, 0.3) is 0 Å². The van der Waals surface area contributed by atoms with Crippen molar-refractivity contribution in [3.05, 3.63) is 138 Å². The van der Waals surface area contributed by atoms with E-state index in [4.69, 9.17) is 9.47 Å². The van der Waals surface area contributed by atoms with E-state index in [-0.39, 0.29) is 24.5 Å². The van der Waals surface area contributed by atoms with Gasteiger partial charge in [-0.15, -0.1) is 0 Å². The van der Waals surface area contributed by atoms with Gasteiger partial charge in [-0.1, -0.05) is 97.1 Å². The third-order valence-corrected chi connectivity index (χ3v) is 7.97. The smallest absolute Gasteiger partial charge is 0.416 e. The second-order valence-electron chi connectivity index (χ2n) is 10.8. The Morgan fingerprint density at radius 2 is 1.43 bits per heavy atom. The van der Waals surface area contributed by atoms with Gasteiger partial charge in [-0.3, -0.25) is 0 Å². The molecule has 0 bridgehead atoms. The molecule has 3 atom stereocenters. The summed E-state index contributed by atoms with van der Waals surface area (Å²) in [6.07, 6.45) is -4.64. The SMILES string of the molecule is FC(F)(F)c1cccc(COC2CNCC(COc3ccc4ccccc4c3)C2c2ccc(-c3ccccc3)cc2)c1. The number of rotatable bonds is 8. The summed E-state index contributed by atoms with van der Waals surface area (Å²) in [6, 6.07) is 38.4. The van der Waals surface area contributed by atoms with Gasteiger partial charge in [0, 0.05) is 24.9 Å². The Balaban J connectivity index is 1.24. The normalized spacial score (nSPS) is 19.1. The largest absolute Gasteiger partial charge is 0.493 e. The number of benzene rings is 5. The molecule has 1 fully saturated rings. The number of halogens is 3. The fraction of sp³-hybridized carbons (Fsp3) is 0.222. The predicted octanol–water partition coefficient (Wildman–Crippen LogP) is 8.49. The molecular formula is C36H32F3NO2. The van der Waals surface area contributed by atoms with E-state index < -0.39 is 11.7 Å². The summed E-state index contributed by atoms with van der Waals surface area (Å²) in [7, 11) is 0. The topological polar surface area (TPSA) is 30.5 Å². The third kappa shape index (κ3) is 6.51. The molecule has 0 amide bonds. The number of nitrogens with one attached hydrogen (secondary N) is 1. The van der Waals surface area contributed by atoms with Crippen LogP contribution in [0.4, 0.5) is 13.2 Å². The van der Waals surface area contributed by atoms with Crippen LogP contribution in [-0.2, 0) is 17.5 Å². The first-order valence-electron chi connectivity index (χ1n) is 14.2. The predicted molar refractivity (Wildman–Crippen MR) is 160 cm³/mol. The highest BCUT2D eigenvalue weighted by Crippen LogP contribution is 2.36. The number of hydrogen-bond acceptors (Lipinski definition) is 3. The highest BCUT2D eigenvalue weighted by atomic mass is 19.4. The van der Waals surface area contributed by atoms with Crippen molar-refractivity contribution >= 4 is 10.8 Å². The first-order valence-corrected chi connectivity index (χ1v) is 14.2. The first kappa shape index (κ1) is 28.0. The molecule has 0 aliphatic carbocycles. The van der Waals surface area contributed by atoms with Crippen LogP contribution in [0.2, 0.25) is 0 Å². The summed E-state index contributed by atoms with van der Waals surface area (Å²) >= 11 is 0. The maximum atomic E-state index is 13.3. The van der Waals surface area contributed by atoms with Crippen molar-refractivity contribution in [2.45, 2.75) is 24.8 Å². The van der Waals surface area contributed by atoms with Crippen molar-refractivity contribution < 1.29 is 22.6 Å². The van der Waals surface area contributed by atoms with Gasteiger partial charge in [0.05, 0.1) is 24.9 Å². The van der Waals surface area contributed by atoms with Gasteiger partial charge in [0.1, 0.15) is 5.75 Å². The van der Waals surface area contributed by atoms with Crippen molar-refractivity contribution in [3.8, 4) is 16.9 Å². The zero-order chi connectivity index (χ0) is 28.9. The van der Waals surface area contributed by atoms with E-state index in [0.717, 1.165) is 45.8 Å². The molecule has 1 saturated heterocycles. The van der Waals surface area contributed by atoms with Crippen LogP contribution >= 0.6 is 0 Å². The van der Waals surface area contributed by atoms with Gasteiger partial charge in [-0.25, -0.2) is 0 Å². The van der Waals surface area contributed by atoms with Crippen LogP contribution in [-0.4, -0.2) is 25.8 Å². The van der Waals surface area contributed by atoms with Crippen molar-refractivity contribution in [2.75, 3.05) is 19.7 Å². The first-order chi connectivity index (χ1) is 20.4. The highest BCUT2D eigenvalue weighted by Gasteiger charge is 2.36. The quantitative estimate of drug-likeness (QED) is 0.204. The fourth-order valence-electron chi connectivity index (χ4n) is 5.81. The van der Waals surface area contributed by atoms with E-state index in [1.807, 2.05) is 36.4 Å². The molecule has 0 radical (unpaired) electrons. The van der Waals surface area contributed by atoms with Crippen LogP contribution in [0.5, 0.6) is 5.75 Å². The van der Waals surface area contributed by atoms with Crippen molar-refractivity contribution in [3.63, 3.8) is 0 Å². The zero-order valence-corrected chi connectivity index (χ0v) is 23.1. The summed E-state index contributed by atoms with van der Waals surface area (Å²) in [5, 5.41) is 5.75. The molecule has 6 heteroatoms. The number of ether oxygens (including phenoxy) is 2. The highest BCUT2D eigenvalue weighted by molar-refractivity contribution is 5.83. The molecule has 1 aliphatic rings. The maximum absolute atomic E-state index is 13.3. The molecule has 5 aromatic carbocycles. The second kappa shape index (κ2) is 12.4. The van der Waals surface area contributed by atoms with Crippen LogP contribution in [0.1, 0.15) is 22.6 Å². The minimum absolute atomic E-state index is 0.0117. The Morgan fingerprint density at radius 1 is 0.690 bits per heavy atom. The van der Waals surface area contributed by atoms with E-state index in [1.165, 1.54) is 12.1 Å². The minimum Gasteiger partial charge on any atom is -0.493 e. The van der Waals surface area contributed by atoms with Gasteiger partial charge in [-0.05, 0) is 57.3 Å². The molecule has 3 nitrogen and oxygen atoms in total. The Hall–Kier alpha value is -4.13. The molecule has 214 valence electrons. The Kier molecular flexibility index (Phi) is 8.27. The summed E-state index contributed by atoms with van der Waals surface area (Å²) < 4.78 is 52.6. The molecule has 1 aliphatic heterocycles. The fourth-order valence-corrected chi connectivity index (χ4v) is 5.81. The monoisotopic (exact) mass is 567 g/mol. The van der Waals surface area contributed by atoms with Crippen LogP contribution in [0.15, 0.2) is 121 Å². The van der Waals surface area contributed by atoms with Gasteiger partial charge < -0.3 is 14.8 Å². The summed E-state index contributed by atoms with van der Waals surface area (Å²) in [6.45, 7) is 1.89. The lowest BCUT2D eigenvalue weighted by atomic mass is 9.79. The number of alkyl halides is 3. The molecule has 0 aromatic heterocycles. The molecule has 3 unspecified atom stereocenters. The van der Waals surface area contributed by atoms with Crippen LogP contribution in [0.25, 0.3) is 21.9 Å². The van der Waals surface area contributed by atoms with E-state index >= 15 is 0 Å². The standard InChI is InChI=1S/C36H32F3NO2/c37-36(38,39)32-12-6-7-25(19-32)23-42-34-22-40-21-31(24-41-33-18-17-27-10-4-5-11-30(27)20-33)35(34)29-15-13-28(14-16-29)26-8-2-1-3-9-26/h1-20,31,34-35,40H,21-24H2. The zero-order valence-electron chi connectivity index (χ0n) is 23.1. The van der Waals surface area contributed by atoms with Crippen molar-refractivity contribution in [1.29, 1.82) is 0 Å². The summed E-state index contributed by atoms with van der Waals surface area (Å²) in [5.41, 5.74) is 3.22. The van der Waals surface area contributed by atoms with Crippen LogP contribution in [0, 0.1) is 5.92 Å². The van der Waals surface area contributed by atoms with Gasteiger partial charge >= 0.3 is 6.18 Å². The minimum atomic E-state index is -4.39. The number of fused-ring (bicyclic) bond motifs is 1. The molecule has 0 saturated carbocycles. The molecule has 6 rings (SSSR count). The third-order valence-electron chi connectivity index (χ3n) is 7.97. The lowest BCUT2D eigenvalue weighted by Crippen LogP contribution is -2.48. The van der Waals surface area contributed by atoms with Gasteiger partial charge in [0.2, 0.25) is 0 Å². The maximum Gasteiger partial charge on any atom is 0.416 e. The summed E-state index contributed by atoms with van der Waals surface area (Å²) in [4.78, 5) is 0. The van der Waals surface area contributed by atoms with Gasteiger partial charge in [-0.2, -0.15) is 13.2 Å². The van der Waals surface area contributed by atoms with Crippen LogP contribution < -0.4 is 10.1 Å². The summed E-state index contributed by atoms with van der Waals surface area (Å²) in [5.74, 6) is 0.875. The van der Waals surface area contributed by atoms with E-state index in [9.17, 15) is 13.2 Å². The average molecular weight is 568 g/mol. The Labute approximate surface area is 243 Å². The Morgan fingerprint density at radius 3 is 2.21 bits per heavy atom. The Bertz CT molecular complexity index is 1620. The lowest BCUT2D eigenvalue weighted by Gasteiger charge is -2.39. The van der Waals surface area contributed by atoms with Gasteiger partial charge in [0.15, 0.2) is 0 Å². The second-order valence-corrected chi connectivity index (χ2v) is 10.8. The molecule has 42 heavy (non-hydrogen) atoms. The molecule has 0 spiro atoms. The molecule has 1 heterocycles. The molecular weight excluding hydrogens is 535 g/mol. The van der Waals surface area contributed by atoms with E-state index in [1.54, 1.807) is 6.07 Å².